The van der Waals surface area contributed by atoms with Gasteiger partial charge in [-0.15, -0.1) is 0 Å². The summed E-state index contributed by atoms with van der Waals surface area (Å²) in [6.07, 6.45) is 0. The second-order valence-corrected chi connectivity index (χ2v) is 6.95. The van der Waals surface area contributed by atoms with E-state index in [1.807, 2.05) is 31.2 Å². The number of hydrogen-bond donors (Lipinski definition) is 1. The van der Waals surface area contributed by atoms with Crippen molar-refractivity contribution in [2.24, 2.45) is 0 Å². The summed E-state index contributed by atoms with van der Waals surface area (Å²) in [5, 5.41) is 0.499. The predicted molar refractivity (Wildman–Crippen MR) is 87.8 cm³/mol. The number of ether oxygens (including phenoxy) is 1. The van der Waals surface area contributed by atoms with Gasteiger partial charge in [-0.3, -0.25) is 0 Å². The van der Waals surface area contributed by atoms with Gasteiger partial charge in [0, 0.05) is 11.1 Å². The molecule has 118 valence electrons. The normalized spacial score (nSPS) is 12.9. The van der Waals surface area contributed by atoms with Gasteiger partial charge < -0.3 is 4.74 Å². The minimum Gasteiger partial charge on any atom is -0.494 e. The van der Waals surface area contributed by atoms with Crippen molar-refractivity contribution in [3.05, 3.63) is 59.1 Å². The van der Waals surface area contributed by atoms with Crippen LogP contribution in [-0.4, -0.2) is 15.0 Å². The molecular formula is C16H18ClNO3S. The van der Waals surface area contributed by atoms with Crippen LogP contribution in [0, 0.1) is 0 Å². The zero-order valence-corrected chi connectivity index (χ0v) is 14.0. The fourth-order valence-corrected chi connectivity index (χ4v) is 3.36. The third-order valence-corrected chi connectivity index (χ3v) is 4.96. The maximum atomic E-state index is 12.3. The second-order valence-electron chi connectivity index (χ2n) is 4.80. The van der Waals surface area contributed by atoms with Crippen LogP contribution in [0.25, 0.3) is 0 Å². The van der Waals surface area contributed by atoms with Crippen LogP contribution in [-0.2, 0) is 10.0 Å². The molecule has 6 heteroatoms. The van der Waals surface area contributed by atoms with E-state index in [-0.39, 0.29) is 10.9 Å². The zero-order valence-electron chi connectivity index (χ0n) is 12.4. The lowest BCUT2D eigenvalue weighted by molar-refractivity contribution is 0.340. The molecule has 0 fully saturated rings. The Kier molecular flexibility index (Phi) is 5.45. The van der Waals surface area contributed by atoms with Crippen LogP contribution in [0.2, 0.25) is 5.02 Å². The number of sulfonamides is 1. The molecule has 22 heavy (non-hydrogen) atoms. The van der Waals surface area contributed by atoms with Crippen molar-refractivity contribution in [3.8, 4) is 5.75 Å². The van der Waals surface area contributed by atoms with Gasteiger partial charge in [-0.2, -0.15) is 0 Å². The fourth-order valence-electron chi connectivity index (χ4n) is 2.00. The average molecular weight is 340 g/mol. The van der Waals surface area contributed by atoms with Crippen molar-refractivity contribution in [3.63, 3.8) is 0 Å². The van der Waals surface area contributed by atoms with E-state index in [1.165, 1.54) is 12.1 Å². The van der Waals surface area contributed by atoms with Crippen molar-refractivity contribution in [1.82, 2.24) is 4.72 Å². The lowest BCUT2D eigenvalue weighted by Gasteiger charge is -2.15. The first-order chi connectivity index (χ1) is 10.4. The van der Waals surface area contributed by atoms with Gasteiger partial charge in [-0.1, -0.05) is 23.7 Å². The van der Waals surface area contributed by atoms with Crippen molar-refractivity contribution in [2.45, 2.75) is 24.8 Å². The highest BCUT2D eigenvalue weighted by atomic mass is 35.5. The molecular weight excluding hydrogens is 322 g/mol. The van der Waals surface area contributed by atoms with E-state index >= 15 is 0 Å². The molecule has 0 aromatic heterocycles. The summed E-state index contributed by atoms with van der Waals surface area (Å²) in [5.74, 6) is 0.763. The summed E-state index contributed by atoms with van der Waals surface area (Å²) in [4.78, 5) is 0.190. The van der Waals surface area contributed by atoms with Crippen molar-refractivity contribution >= 4 is 21.6 Å². The molecule has 2 rings (SSSR count). The first-order valence-electron chi connectivity index (χ1n) is 6.93. The number of nitrogens with one attached hydrogen (secondary N) is 1. The van der Waals surface area contributed by atoms with Crippen LogP contribution < -0.4 is 9.46 Å². The monoisotopic (exact) mass is 339 g/mol. The Bertz CT molecular complexity index is 712. The van der Waals surface area contributed by atoms with Crippen LogP contribution in [0.3, 0.4) is 0 Å². The molecule has 0 heterocycles. The molecule has 0 bridgehead atoms. The third-order valence-electron chi connectivity index (χ3n) is 3.15. The molecule has 0 aliphatic rings. The summed E-state index contributed by atoms with van der Waals surface area (Å²) in [6.45, 7) is 4.30. The SMILES string of the molecule is CCOc1ccc(C(C)NS(=O)(=O)c2ccc(Cl)cc2)cc1. The molecule has 1 atom stereocenters. The number of halogens is 1. The Morgan fingerprint density at radius 1 is 1.09 bits per heavy atom. The van der Waals surface area contributed by atoms with Crippen LogP contribution in [0.15, 0.2) is 53.4 Å². The Hall–Kier alpha value is -1.56. The number of rotatable bonds is 6. The number of benzene rings is 2. The van der Waals surface area contributed by atoms with Gasteiger partial charge in [-0.05, 0) is 55.8 Å². The van der Waals surface area contributed by atoms with Crippen LogP contribution in [0.5, 0.6) is 5.75 Å². The van der Waals surface area contributed by atoms with E-state index in [2.05, 4.69) is 4.72 Å². The minimum absolute atomic E-state index is 0.190. The largest absolute Gasteiger partial charge is 0.494 e. The maximum absolute atomic E-state index is 12.3. The minimum atomic E-state index is -3.58. The van der Waals surface area contributed by atoms with E-state index in [1.54, 1.807) is 19.1 Å². The van der Waals surface area contributed by atoms with E-state index in [9.17, 15) is 8.42 Å². The summed E-state index contributed by atoms with van der Waals surface area (Å²) >= 11 is 5.78. The van der Waals surface area contributed by atoms with Gasteiger partial charge in [0.05, 0.1) is 11.5 Å². The molecule has 4 nitrogen and oxygen atoms in total. The zero-order chi connectivity index (χ0) is 16.2. The highest BCUT2D eigenvalue weighted by Gasteiger charge is 2.18. The van der Waals surface area contributed by atoms with Gasteiger partial charge in [0.1, 0.15) is 5.75 Å². The number of hydrogen-bond acceptors (Lipinski definition) is 3. The maximum Gasteiger partial charge on any atom is 0.241 e. The van der Waals surface area contributed by atoms with E-state index < -0.39 is 10.0 Å². The molecule has 1 unspecified atom stereocenters. The Labute approximate surface area is 136 Å². The van der Waals surface area contributed by atoms with Gasteiger partial charge in [0.2, 0.25) is 10.0 Å². The second kappa shape index (κ2) is 7.13. The lowest BCUT2D eigenvalue weighted by atomic mass is 10.1. The smallest absolute Gasteiger partial charge is 0.241 e. The Morgan fingerprint density at radius 2 is 1.68 bits per heavy atom. The predicted octanol–water partition coefficient (Wildman–Crippen LogP) is 3.78. The standard InChI is InChI=1S/C16H18ClNO3S/c1-3-21-15-8-4-13(5-9-15)12(2)18-22(19,20)16-10-6-14(17)7-11-16/h4-12,18H,3H2,1-2H3. The van der Waals surface area contributed by atoms with Gasteiger partial charge in [0.15, 0.2) is 0 Å². The van der Waals surface area contributed by atoms with E-state index in [0.717, 1.165) is 11.3 Å². The van der Waals surface area contributed by atoms with Crippen LogP contribution in [0.4, 0.5) is 0 Å². The van der Waals surface area contributed by atoms with Gasteiger partial charge in [0.25, 0.3) is 0 Å². The highest BCUT2D eigenvalue weighted by molar-refractivity contribution is 7.89. The van der Waals surface area contributed by atoms with Crippen LogP contribution >= 0.6 is 11.6 Å². The third kappa shape index (κ3) is 4.22. The molecule has 1 N–H and O–H groups in total. The average Bonchev–Trinajstić information content (AvgIpc) is 2.48. The van der Waals surface area contributed by atoms with Crippen molar-refractivity contribution in [2.75, 3.05) is 6.61 Å². The molecule has 2 aromatic carbocycles. The van der Waals surface area contributed by atoms with Crippen molar-refractivity contribution in [1.29, 1.82) is 0 Å². The molecule has 0 saturated carbocycles. The van der Waals surface area contributed by atoms with Gasteiger partial charge >= 0.3 is 0 Å². The lowest BCUT2D eigenvalue weighted by Crippen LogP contribution is -2.26. The molecule has 0 saturated heterocycles. The summed E-state index contributed by atoms with van der Waals surface area (Å²) in [7, 11) is -3.58. The van der Waals surface area contributed by atoms with Crippen molar-refractivity contribution < 1.29 is 13.2 Å². The molecule has 0 aliphatic carbocycles. The van der Waals surface area contributed by atoms with Gasteiger partial charge in [-0.25, -0.2) is 13.1 Å². The fraction of sp³-hybridized carbons (Fsp3) is 0.250. The molecule has 0 spiro atoms. The first-order valence-corrected chi connectivity index (χ1v) is 8.79. The molecule has 0 radical (unpaired) electrons. The quantitative estimate of drug-likeness (QED) is 0.871. The highest BCUT2D eigenvalue weighted by Crippen LogP contribution is 2.21. The summed E-state index contributed by atoms with van der Waals surface area (Å²) < 4.78 is 32.7. The summed E-state index contributed by atoms with van der Waals surface area (Å²) in [5.41, 5.74) is 0.862. The van der Waals surface area contributed by atoms with E-state index in [0.29, 0.717) is 11.6 Å². The Morgan fingerprint density at radius 3 is 2.23 bits per heavy atom. The Balaban J connectivity index is 2.13. The van der Waals surface area contributed by atoms with E-state index in [4.69, 9.17) is 16.3 Å². The van der Waals surface area contributed by atoms with Crippen LogP contribution in [0.1, 0.15) is 25.5 Å². The molecule has 0 aliphatic heterocycles. The molecule has 2 aromatic rings. The summed E-state index contributed by atoms with van der Waals surface area (Å²) in [6, 6.07) is 13.1. The molecule has 0 amide bonds. The topological polar surface area (TPSA) is 55.4 Å². The first kappa shape index (κ1) is 16.8.